The quantitative estimate of drug-likeness (QED) is 0.219. The molecule has 0 atom stereocenters. The van der Waals surface area contributed by atoms with Crippen molar-refractivity contribution in [3.05, 3.63) is 152 Å². The van der Waals surface area contributed by atoms with E-state index >= 15 is 0 Å². The van der Waals surface area contributed by atoms with Crippen molar-refractivity contribution in [1.82, 2.24) is 19.9 Å². The number of H-pyrrole nitrogens is 1. The van der Waals surface area contributed by atoms with Crippen LogP contribution in [0.4, 0.5) is 0 Å². The second kappa shape index (κ2) is 10.1. The number of aromatic nitrogens is 4. The third-order valence-corrected chi connectivity index (χ3v) is 9.38. The summed E-state index contributed by atoms with van der Waals surface area (Å²) in [6.45, 7) is 0. The van der Waals surface area contributed by atoms with Gasteiger partial charge in [-0.25, -0.2) is 15.0 Å². The average molecular weight is 599 g/mol. The molecule has 0 fully saturated rings. The van der Waals surface area contributed by atoms with E-state index in [-0.39, 0.29) is 0 Å². The van der Waals surface area contributed by atoms with Crippen molar-refractivity contribution in [2.45, 2.75) is 0 Å². The minimum Gasteiger partial charge on any atom is -0.354 e. The van der Waals surface area contributed by atoms with Crippen molar-refractivity contribution in [3.63, 3.8) is 0 Å². The summed E-state index contributed by atoms with van der Waals surface area (Å²) >= 11 is 0. The number of hydrogen-bond donors (Lipinski definition) is 1. The van der Waals surface area contributed by atoms with E-state index in [1.807, 2.05) is 60.7 Å². The van der Waals surface area contributed by atoms with Crippen molar-refractivity contribution in [2.24, 2.45) is 0 Å². The van der Waals surface area contributed by atoms with Crippen molar-refractivity contribution in [1.29, 1.82) is 0 Å². The van der Waals surface area contributed by atoms with E-state index in [0.29, 0.717) is 17.5 Å². The highest BCUT2D eigenvalue weighted by atomic mass is 15.0. The number of hydrogen-bond acceptors (Lipinski definition) is 3. The van der Waals surface area contributed by atoms with Gasteiger partial charge in [0.25, 0.3) is 0 Å². The molecular weight excluding hydrogens is 573 g/mol. The molecule has 9 aromatic rings. The molecule has 4 nitrogen and oxygen atoms in total. The van der Waals surface area contributed by atoms with E-state index in [0.717, 1.165) is 38.5 Å². The lowest BCUT2D eigenvalue weighted by molar-refractivity contribution is 1.08. The summed E-state index contributed by atoms with van der Waals surface area (Å²) in [5.41, 5.74) is 12.6. The standard InChI is InChI=1S/C43H26N4/c1-3-11-26(12-4-1)41-45-42(27-13-5-2-6-14-27)47-43(46-41)35-19-10-20-37-40(35)34-22-21-28(25-38(34)44-37)30-23-29-15-9-18-33-31-16-7-8-17-32(31)36(24-30)39(29)33/h1-25,44H. The Morgan fingerprint density at radius 3 is 1.70 bits per heavy atom. The number of nitrogens with one attached hydrogen (secondary N) is 1. The van der Waals surface area contributed by atoms with Gasteiger partial charge < -0.3 is 4.98 Å². The fourth-order valence-corrected chi connectivity index (χ4v) is 7.24. The van der Waals surface area contributed by atoms with Gasteiger partial charge >= 0.3 is 0 Å². The maximum atomic E-state index is 5.04. The second-order valence-corrected chi connectivity index (χ2v) is 12.1. The zero-order chi connectivity index (χ0) is 30.9. The van der Waals surface area contributed by atoms with Crippen molar-refractivity contribution in [3.8, 4) is 67.5 Å². The highest BCUT2D eigenvalue weighted by Gasteiger charge is 2.22. The molecule has 4 heteroatoms. The molecule has 1 N–H and O–H groups in total. The van der Waals surface area contributed by atoms with Crippen LogP contribution in [0.2, 0.25) is 0 Å². The van der Waals surface area contributed by atoms with Gasteiger partial charge in [0.2, 0.25) is 0 Å². The molecule has 1 aliphatic carbocycles. The number of rotatable bonds is 4. The smallest absolute Gasteiger partial charge is 0.164 e. The SMILES string of the molecule is c1ccc(-c2nc(-c3ccccc3)nc(-c3cccc4[nH]c5cc(-c6cc7c8c(cccc8c6)-c6ccccc6-7)ccc5c34)n2)cc1. The molecule has 7 aromatic carbocycles. The number of nitrogens with zero attached hydrogens (tertiary/aromatic N) is 3. The normalized spacial score (nSPS) is 11.8. The van der Waals surface area contributed by atoms with Gasteiger partial charge in [0.05, 0.1) is 0 Å². The fraction of sp³-hybridized carbons (Fsp3) is 0. The zero-order valence-electron chi connectivity index (χ0n) is 25.3. The fourth-order valence-electron chi connectivity index (χ4n) is 7.24. The summed E-state index contributed by atoms with van der Waals surface area (Å²) in [4.78, 5) is 18.7. The van der Waals surface area contributed by atoms with E-state index < -0.39 is 0 Å². The zero-order valence-corrected chi connectivity index (χ0v) is 25.3. The largest absolute Gasteiger partial charge is 0.354 e. The third-order valence-electron chi connectivity index (χ3n) is 9.38. The highest BCUT2D eigenvalue weighted by molar-refractivity contribution is 6.17. The summed E-state index contributed by atoms with van der Waals surface area (Å²) < 4.78 is 0. The van der Waals surface area contributed by atoms with E-state index in [2.05, 4.69) is 96.0 Å². The van der Waals surface area contributed by atoms with Crippen LogP contribution in [0.15, 0.2) is 152 Å². The Hall–Kier alpha value is -6.39. The topological polar surface area (TPSA) is 54.5 Å². The molecule has 0 aliphatic heterocycles. The molecular formula is C43H26N4. The molecule has 2 aromatic heterocycles. The molecule has 0 unspecified atom stereocenters. The van der Waals surface area contributed by atoms with Gasteiger partial charge in [-0.15, -0.1) is 0 Å². The first-order chi connectivity index (χ1) is 23.3. The van der Waals surface area contributed by atoms with Gasteiger partial charge in [-0.2, -0.15) is 0 Å². The predicted molar refractivity (Wildman–Crippen MR) is 193 cm³/mol. The summed E-state index contributed by atoms with van der Waals surface area (Å²) in [6, 6.07) is 53.4. The lowest BCUT2D eigenvalue weighted by atomic mass is 9.95. The maximum absolute atomic E-state index is 5.04. The lowest BCUT2D eigenvalue weighted by Gasteiger charge is -2.10. The van der Waals surface area contributed by atoms with Crippen LogP contribution in [0.3, 0.4) is 0 Å². The Bertz CT molecular complexity index is 2620. The summed E-state index contributed by atoms with van der Waals surface area (Å²) in [6.07, 6.45) is 0. The van der Waals surface area contributed by atoms with Crippen LogP contribution in [0, 0.1) is 0 Å². The van der Waals surface area contributed by atoms with E-state index in [4.69, 9.17) is 15.0 Å². The van der Waals surface area contributed by atoms with Crippen LogP contribution in [-0.2, 0) is 0 Å². The highest BCUT2D eigenvalue weighted by Crippen LogP contribution is 2.48. The molecule has 0 radical (unpaired) electrons. The van der Waals surface area contributed by atoms with Crippen molar-refractivity contribution in [2.75, 3.05) is 0 Å². The van der Waals surface area contributed by atoms with Crippen LogP contribution < -0.4 is 0 Å². The van der Waals surface area contributed by atoms with Gasteiger partial charge in [-0.3, -0.25) is 0 Å². The molecule has 10 rings (SSSR count). The molecule has 0 bridgehead atoms. The number of benzene rings is 7. The van der Waals surface area contributed by atoms with Crippen LogP contribution in [-0.4, -0.2) is 19.9 Å². The second-order valence-electron chi connectivity index (χ2n) is 12.1. The minimum atomic E-state index is 0.653. The molecule has 47 heavy (non-hydrogen) atoms. The van der Waals surface area contributed by atoms with Crippen molar-refractivity contribution < 1.29 is 0 Å². The van der Waals surface area contributed by atoms with E-state index in [1.54, 1.807) is 0 Å². The molecule has 1 aliphatic rings. The Kier molecular flexibility index (Phi) is 5.54. The van der Waals surface area contributed by atoms with Crippen LogP contribution >= 0.6 is 0 Å². The Morgan fingerprint density at radius 1 is 0.340 bits per heavy atom. The minimum absolute atomic E-state index is 0.653. The Labute approximate surface area is 271 Å². The average Bonchev–Trinajstić information content (AvgIpc) is 3.68. The Morgan fingerprint density at radius 2 is 0.957 bits per heavy atom. The van der Waals surface area contributed by atoms with E-state index in [9.17, 15) is 0 Å². The van der Waals surface area contributed by atoms with Crippen molar-refractivity contribution >= 4 is 32.6 Å². The van der Waals surface area contributed by atoms with Gasteiger partial charge in [0, 0.05) is 38.5 Å². The molecule has 2 heterocycles. The lowest BCUT2D eigenvalue weighted by Crippen LogP contribution is -2.00. The number of aromatic amines is 1. The maximum Gasteiger partial charge on any atom is 0.164 e. The summed E-state index contributed by atoms with van der Waals surface area (Å²) in [5, 5.41) is 4.86. The number of fused-ring (bicyclic) bond motifs is 6. The predicted octanol–water partition coefficient (Wildman–Crippen LogP) is 11.0. The molecule has 218 valence electrons. The first kappa shape index (κ1) is 25.9. The van der Waals surface area contributed by atoms with Gasteiger partial charge in [-0.05, 0) is 68.4 Å². The first-order valence-electron chi connectivity index (χ1n) is 15.9. The summed E-state index contributed by atoms with van der Waals surface area (Å²) in [5.74, 6) is 1.96. The molecule has 0 saturated carbocycles. The third kappa shape index (κ3) is 4.05. The molecule has 0 amide bonds. The Balaban J connectivity index is 1.15. The monoisotopic (exact) mass is 598 g/mol. The van der Waals surface area contributed by atoms with Crippen LogP contribution in [0.25, 0.3) is 100 Å². The molecule has 0 saturated heterocycles. The van der Waals surface area contributed by atoms with Crippen LogP contribution in [0.1, 0.15) is 0 Å². The van der Waals surface area contributed by atoms with Gasteiger partial charge in [0.1, 0.15) is 0 Å². The van der Waals surface area contributed by atoms with E-state index in [1.165, 1.54) is 44.2 Å². The molecule has 0 spiro atoms. The summed E-state index contributed by atoms with van der Waals surface area (Å²) in [7, 11) is 0. The van der Waals surface area contributed by atoms with Crippen LogP contribution in [0.5, 0.6) is 0 Å². The van der Waals surface area contributed by atoms with Gasteiger partial charge in [0.15, 0.2) is 17.5 Å². The van der Waals surface area contributed by atoms with Gasteiger partial charge in [-0.1, -0.05) is 127 Å². The first-order valence-corrected chi connectivity index (χ1v) is 15.9.